The number of alkyl halides is 1. The van der Waals surface area contributed by atoms with Crippen molar-refractivity contribution in [3.63, 3.8) is 0 Å². The number of imidazole rings is 1. The zero-order valence-corrected chi connectivity index (χ0v) is 10.4. The van der Waals surface area contributed by atoms with Gasteiger partial charge in [-0.2, -0.15) is 0 Å². The van der Waals surface area contributed by atoms with Crippen LogP contribution in [0, 0.1) is 0 Å². The summed E-state index contributed by atoms with van der Waals surface area (Å²) in [6.07, 6.45) is 1.82. The minimum atomic E-state index is 0. The van der Waals surface area contributed by atoms with Gasteiger partial charge in [0.15, 0.2) is 0 Å². The SMILES string of the molecule is Cl.ClCCn1cnc2cc(Br)ccc21. The van der Waals surface area contributed by atoms with Crippen LogP contribution in [0.3, 0.4) is 0 Å². The Morgan fingerprint density at radius 2 is 2.21 bits per heavy atom. The molecular weight excluding hydrogens is 287 g/mol. The molecule has 0 aliphatic rings. The molecule has 0 saturated heterocycles. The summed E-state index contributed by atoms with van der Waals surface area (Å²) in [6.45, 7) is 0.805. The molecule has 0 N–H and O–H groups in total. The molecule has 0 bridgehead atoms. The summed E-state index contributed by atoms with van der Waals surface area (Å²) in [5.74, 6) is 0.613. The molecule has 0 aliphatic carbocycles. The van der Waals surface area contributed by atoms with E-state index in [1.165, 1.54) is 0 Å². The van der Waals surface area contributed by atoms with E-state index in [9.17, 15) is 0 Å². The Morgan fingerprint density at radius 1 is 1.43 bits per heavy atom. The number of hydrogen-bond acceptors (Lipinski definition) is 1. The first kappa shape index (κ1) is 11.8. The van der Waals surface area contributed by atoms with Crippen LogP contribution in [-0.4, -0.2) is 15.4 Å². The van der Waals surface area contributed by atoms with Gasteiger partial charge in [0.25, 0.3) is 0 Å². The molecule has 0 atom stereocenters. The van der Waals surface area contributed by atoms with Gasteiger partial charge in [0.05, 0.1) is 17.4 Å². The molecule has 14 heavy (non-hydrogen) atoms. The molecule has 0 spiro atoms. The van der Waals surface area contributed by atoms with Crippen molar-refractivity contribution < 1.29 is 0 Å². The van der Waals surface area contributed by atoms with Crippen LogP contribution < -0.4 is 0 Å². The Balaban J connectivity index is 0.000000980. The number of aromatic nitrogens is 2. The average Bonchev–Trinajstić information content (AvgIpc) is 2.49. The molecule has 0 saturated carbocycles. The maximum Gasteiger partial charge on any atom is 0.0958 e. The number of nitrogens with zero attached hydrogens (tertiary/aromatic N) is 2. The second-order valence-electron chi connectivity index (χ2n) is 2.76. The third-order valence-corrected chi connectivity index (χ3v) is 2.57. The van der Waals surface area contributed by atoms with E-state index < -0.39 is 0 Å². The Labute approximate surface area is 102 Å². The summed E-state index contributed by atoms with van der Waals surface area (Å²) in [4.78, 5) is 4.27. The summed E-state index contributed by atoms with van der Waals surface area (Å²) >= 11 is 9.07. The Hall–Kier alpha value is -0.250. The molecule has 1 heterocycles. The second kappa shape index (κ2) is 5.01. The molecule has 5 heteroatoms. The van der Waals surface area contributed by atoms with E-state index in [0.29, 0.717) is 5.88 Å². The first-order valence-electron chi connectivity index (χ1n) is 3.97. The van der Waals surface area contributed by atoms with Crippen molar-refractivity contribution in [1.29, 1.82) is 0 Å². The summed E-state index contributed by atoms with van der Waals surface area (Å²) in [5.41, 5.74) is 2.13. The molecule has 2 aromatic rings. The van der Waals surface area contributed by atoms with Gasteiger partial charge in [-0.3, -0.25) is 0 Å². The fourth-order valence-corrected chi connectivity index (χ4v) is 1.84. The minimum Gasteiger partial charge on any atom is -0.329 e. The molecule has 0 radical (unpaired) electrons. The van der Waals surface area contributed by atoms with Crippen LogP contribution in [-0.2, 0) is 6.54 Å². The van der Waals surface area contributed by atoms with Crippen LogP contribution in [0.2, 0.25) is 0 Å². The molecule has 2 nitrogen and oxygen atoms in total. The summed E-state index contributed by atoms with van der Waals surface area (Å²) in [6, 6.07) is 6.05. The number of benzene rings is 1. The van der Waals surface area contributed by atoms with E-state index in [0.717, 1.165) is 22.1 Å². The van der Waals surface area contributed by atoms with E-state index in [-0.39, 0.29) is 12.4 Å². The largest absolute Gasteiger partial charge is 0.329 e. The van der Waals surface area contributed by atoms with E-state index in [2.05, 4.69) is 25.5 Å². The lowest BCUT2D eigenvalue weighted by Crippen LogP contribution is -1.96. The molecular formula is C9H9BrCl2N2. The standard InChI is InChI=1S/C9H8BrClN2.ClH/c10-7-1-2-9-8(5-7)12-6-13(9)4-3-11;/h1-2,5-6H,3-4H2;1H. The van der Waals surface area contributed by atoms with Crippen LogP contribution in [0.5, 0.6) is 0 Å². The number of aryl methyl sites for hydroxylation is 1. The Kier molecular flexibility index (Phi) is 4.23. The van der Waals surface area contributed by atoms with Crippen molar-refractivity contribution in [2.75, 3.05) is 5.88 Å². The molecule has 2 rings (SSSR count). The average molecular weight is 296 g/mol. The maximum atomic E-state index is 5.67. The van der Waals surface area contributed by atoms with Crippen molar-refractivity contribution in [2.24, 2.45) is 0 Å². The van der Waals surface area contributed by atoms with Gasteiger partial charge in [-0.25, -0.2) is 4.98 Å². The monoisotopic (exact) mass is 294 g/mol. The quantitative estimate of drug-likeness (QED) is 0.776. The van der Waals surface area contributed by atoms with E-state index in [1.54, 1.807) is 0 Å². The highest BCUT2D eigenvalue weighted by Crippen LogP contribution is 2.18. The first-order chi connectivity index (χ1) is 6.31. The van der Waals surface area contributed by atoms with Gasteiger partial charge in [0, 0.05) is 16.9 Å². The lowest BCUT2D eigenvalue weighted by atomic mass is 10.3. The zero-order valence-electron chi connectivity index (χ0n) is 7.28. The molecule has 1 aromatic heterocycles. The number of rotatable bonds is 2. The predicted octanol–water partition coefficient (Wildman–Crippen LogP) is 3.46. The topological polar surface area (TPSA) is 17.8 Å². The maximum absolute atomic E-state index is 5.67. The fraction of sp³-hybridized carbons (Fsp3) is 0.222. The van der Waals surface area contributed by atoms with Crippen molar-refractivity contribution in [3.8, 4) is 0 Å². The smallest absolute Gasteiger partial charge is 0.0958 e. The third-order valence-electron chi connectivity index (χ3n) is 1.91. The molecule has 1 aromatic carbocycles. The first-order valence-corrected chi connectivity index (χ1v) is 5.30. The molecule has 0 unspecified atom stereocenters. The van der Waals surface area contributed by atoms with Crippen LogP contribution >= 0.6 is 39.9 Å². The summed E-state index contributed by atoms with van der Waals surface area (Å²) in [7, 11) is 0. The van der Waals surface area contributed by atoms with Crippen molar-refractivity contribution in [1.82, 2.24) is 9.55 Å². The number of hydrogen-bond donors (Lipinski definition) is 0. The van der Waals surface area contributed by atoms with Crippen LogP contribution in [0.1, 0.15) is 0 Å². The predicted molar refractivity (Wildman–Crippen MR) is 65.4 cm³/mol. The van der Waals surface area contributed by atoms with Crippen molar-refractivity contribution in [3.05, 3.63) is 29.0 Å². The number of halogens is 3. The van der Waals surface area contributed by atoms with Crippen LogP contribution in [0.25, 0.3) is 11.0 Å². The van der Waals surface area contributed by atoms with Gasteiger partial charge < -0.3 is 4.57 Å². The normalized spacial score (nSPS) is 10.1. The van der Waals surface area contributed by atoms with Crippen molar-refractivity contribution >= 4 is 51.0 Å². The summed E-state index contributed by atoms with van der Waals surface area (Å²) in [5, 5.41) is 0. The molecule has 0 fully saturated rings. The summed E-state index contributed by atoms with van der Waals surface area (Å²) < 4.78 is 3.10. The van der Waals surface area contributed by atoms with E-state index in [1.807, 2.05) is 24.5 Å². The van der Waals surface area contributed by atoms with Crippen LogP contribution in [0.4, 0.5) is 0 Å². The van der Waals surface area contributed by atoms with Gasteiger partial charge >= 0.3 is 0 Å². The van der Waals surface area contributed by atoms with Crippen molar-refractivity contribution in [2.45, 2.75) is 6.54 Å². The lowest BCUT2D eigenvalue weighted by Gasteiger charge is -1.99. The van der Waals surface area contributed by atoms with E-state index >= 15 is 0 Å². The van der Waals surface area contributed by atoms with Gasteiger partial charge in [0.2, 0.25) is 0 Å². The van der Waals surface area contributed by atoms with Gasteiger partial charge in [-0.1, -0.05) is 15.9 Å². The van der Waals surface area contributed by atoms with Crippen LogP contribution in [0.15, 0.2) is 29.0 Å². The highest BCUT2D eigenvalue weighted by atomic mass is 79.9. The highest BCUT2D eigenvalue weighted by molar-refractivity contribution is 9.10. The minimum absolute atomic E-state index is 0. The number of fused-ring (bicyclic) bond motifs is 1. The zero-order chi connectivity index (χ0) is 9.26. The fourth-order valence-electron chi connectivity index (χ4n) is 1.31. The Morgan fingerprint density at radius 3 is 2.93 bits per heavy atom. The van der Waals surface area contributed by atoms with Gasteiger partial charge in [-0.15, -0.1) is 24.0 Å². The highest BCUT2D eigenvalue weighted by Gasteiger charge is 2.01. The molecule has 0 aliphatic heterocycles. The lowest BCUT2D eigenvalue weighted by molar-refractivity contribution is 0.793. The second-order valence-corrected chi connectivity index (χ2v) is 4.05. The molecule has 0 amide bonds. The van der Waals surface area contributed by atoms with Gasteiger partial charge in [-0.05, 0) is 18.2 Å². The Bertz CT molecular complexity index is 428. The third kappa shape index (κ3) is 2.22. The van der Waals surface area contributed by atoms with E-state index in [4.69, 9.17) is 11.6 Å². The molecule has 76 valence electrons. The van der Waals surface area contributed by atoms with Gasteiger partial charge in [0.1, 0.15) is 0 Å².